The third-order valence-electron chi connectivity index (χ3n) is 0.217. The van der Waals surface area contributed by atoms with E-state index < -0.39 is 5.97 Å². The zero-order chi connectivity index (χ0) is 4.99. The van der Waals surface area contributed by atoms with E-state index in [1.807, 2.05) is 0 Å². The van der Waals surface area contributed by atoms with Crippen LogP contribution in [0.3, 0.4) is 0 Å². The second kappa shape index (κ2) is 2.26. The fraction of sp³-hybridized carbons (Fsp3) is 0. The highest BCUT2D eigenvalue weighted by Crippen LogP contribution is 1.62. The SMILES string of the molecule is O=C(O)C=CO. The first kappa shape index (κ1) is 5.01. The smallest absolute Gasteiger partial charge is 0.331 e. The van der Waals surface area contributed by atoms with Crippen LogP contribution in [0.4, 0.5) is 0 Å². The van der Waals surface area contributed by atoms with E-state index in [4.69, 9.17) is 10.2 Å². The number of aliphatic hydroxyl groups is 1. The molecule has 0 radical (unpaired) electrons. The highest BCUT2D eigenvalue weighted by atomic mass is 16.4. The lowest BCUT2D eigenvalue weighted by molar-refractivity contribution is -0.131. The minimum Gasteiger partial charge on any atom is -0.515 e. The number of rotatable bonds is 1. The predicted octanol–water partition coefficient (Wildman–Crippen LogP) is 0.143. The Bertz CT molecular complexity index is 74.1. The molecule has 6 heavy (non-hydrogen) atoms. The normalized spacial score (nSPS) is 9.33. The molecule has 0 spiro atoms. The van der Waals surface area contributed by atoms with Crippen LogP contribution in [0.1, 0.15) is 0 Å². The first-order chi connectivity index (χ1) is 2.77. The minimum absolute atomic E-state index is 0.475. The van der Waals surface area contributed by atoms with Crippen molar-refractivity contribution in [2.24, 2.45) is 0 Å². The van der Waals surface area contributed by atoms with Gasteiger partial charge < -0.3 is 10.2 Å². The van der Waals surface area contributed by atoms with Gasteiger partial charge in [-0.3, -0.25) is 0 Å². The average molecular weight is 88.1 g/mol. The Morgan fingerprint density at radius 1 is 1.67 bits per heavy atom. The standard InChI is InChI=1S/C3H4O3/c4-2-1-3(5)6/h1-2,4H,(H,5,6). The summed E-state index contributed by atoms with van der Waals surface area (Å²) in [6.07, 6.45) is 1.11. The minimum atomic E-state index is -1.14. The van der Waals surface area contributed by atoms with Gasteiger partial charge in [0.25, 0.3) is 0 Å². The van der Waals surface area contributed by atoms with Crippen molar-refractivity contribution in [1.29, 1.82) is 0 Å². The molecule has 0 atom stereocenters. The lowest BCUT2D eigenvalue weighted by Gasteiger charge is -1.68. The Labute approximate surface area is 34.5 Å². The number of aliphatic hydroxyl groups excluding tert-OH is 1. The van der Waals surface area contributed by atoms with E-state index in [0.717, 1.165) is 0 Å². The number of carboxylic acids is 1. The molecule has 0 aliphatic heterocycles. The van der Waals surface area contributed by atoms with E-state index in [9.17, 15) is 4.79 Å². The van der Waals surface area contributed by atoms with Crippen LogP contribution in [-0.4, -0.2) is 16.2 Å². The van der Waals surface area contributed by atoms with Crippen LogP contribution in [0.25, 0.3) is 0 Å². The first-order valence-electron chi connectivity index (χ1n) is 1.31. The quantitative estimate of drug-likeness (QED) is 0.354. The van der Waals surface area contributed by atoms with E-state index in [1.54, 1.807) is 0 Å². The molecule has 0 fully saturated rings. The lowest BCUT2D eigenvalue weighted by atomic mass is 10.7. The topological polar surface area (TPSA) is 57.5 Å². The van der Waals surface area contributed by atoms with Gasteiger partial charge in [-0.2, -0.15) is 0 Å². The molecular formula is C3H4O3. The molecule has 0 unspecified atom stereocenters. The van der Waals surface area contributed by atoms with E-state index >= 15 is 0 Å². The van der Waals surface area contributed by atoms with Crippen molar-refractivity contribution < 1.29 is 15.0 Å². The van der Waals surface area contributed by atoms with Crippen molar-refractivity contribution in [2.45, 2.75) is 0 Å². The molecule has 0 aromatic heterocycles. The Morgan fingerprint density at radius 2 is 2.17 bits per heavy atom. The predicted molar refractivity (Wildman–Crippen MR) is 19.4 cm³/mol. The average Bonchev–Trinajstić information content (AvgIpc) is 1.35. The van der Waals surface area contributed by atoms with Gasteiger partial charge in [-0.05, 0) is 0 Å². The van der Waals surface area contributed by atoms with Crippen molar-refractivity contribution in [2.75, 3.05) is 0 Å². The van der Waals surface area contributed by atoms with Crippen LogP contribution < -0.4 is 0 Å². The molecule has 2 N–H and O–H groups in total. The molecule has 0 aliphatic carbocycles. The van der Waals surface area contributed by atoms with Crippen LogP contribution >= 0.6 is 0 Å². The third-order valence-corrected chi connectivity index (χ3v) is 0.217. The number of aliphatic carboxylic acids is 1. The molecule has 3 heteroatoms. The molecule has 0 aromatic rings. The maximum Gasteiger partial charge on any atom is 0.331 e. The number of hydrogen-bond donors (Lipinski definition) is 2. The first-order valence-corrected chi connectivity index (χ1v) is 1.31. The monoisotopic (exact) mass is 88.0 g/mol. The summed E-state index contributed by atoms with van der Waals surface area (Å²) in [6, 6.07) is 0. The van der Waals surface area contributed by atoms with Gasteiger partial charge in [0.15, 0.2) is 0 Å². The summed E-state index contributed by atoms with van der Waals surface area (Å²) in [5.74, 6) is -1.14. The Morgan fingerprint density at radius 3 is 2.17 bits per heavy atom. The largest absolute Gasteiger partial charge is 0.515 e. The summed E-state index contributed by atoms with van der Waals surface area (Å²) in [4.78, 5) is 9.35. The summed E-state index contributed by atoms with van der Waals surface area (Å²) < 4.78 is 0. The van der Waals surface area contributed by atoms with Crippen molar-refractivity contribution in [3.8, 4) is 0 Å². The summed E-state index contributed by atoms with van der Waals surface area (Å²) in [7, 11) is 0. The van der Waals surface area contributed by atoms with Crippen LogP contribution in [0.15, 0.2) is 12.3 Å². The molecule has 0 aromatic carbocycles. The Balaban J connectivity index is 3.30. The zero-order valence-electron chi connectivity index (χ0n) is 2.96. The van der Waals surface area contributed by atoms with Gasteiger partial charge >= 0.3 is 5.97 Å². The lowest BCUT2D eigenvalue weighted by Crippen LogP contribution is -1.84. The molecule has 0 amide bonds. The highest BCUT2D eigenvalue weighted by molar-refractivity contribution is 5.79. The Kier molecular flexibility index (Phi) is 1.89. The highest BCUT2D eigenvalue weighted by Gasteiger charge is 1.78. The molecule has 0 bridgehead atoms. The van der Waals surface area contributed by atoms with Gasteiger partial charge in [0.05, 0.1) is 12.3 Å². The second-order valence-electron chi connectivity index (χ2n) is 0.654. The Hall–Kier alpha value is -0.990. The van der Waals surface area contributed by atoms with Crippen LogP contribution in [0, 0.1) is 0 Å². The second-order valence-corrected chi connectivity index (χ2v) is 0.654. The van der Waals surface area contributed by atoms with E-state index in [1.165, 1.54) is 0 Å². The van der Waals surface area contributed by atoms with Gasteiger partial charge in [-0.1, -0.05) is 0 Å². The maximum atomic E-state index is 9.35. The third kappa shape index (κ3) is 3.01. The molecule has 3 nitrogen and oxygen atoms in total. The molecule has 0 saturated carbocycles. The summed E-state index contributed by atoms with van der Waals surface area (Å²) in [6.45, 7) is 0. The molecule has 34 valence electrons. The van der Waals surface area contributed by atoms with E-state index in [2.05, 4.69) is 0 Å². The van der Waals surface area contributed by atoms with Gasteiger partial charge in [-0.15, -0.1) is 0 Å². The maximum absolute atomic E-state index is 9.35. The van der Waals surface area contributed by atoms with Crippen LogP contribution in [0.5, 0.6) is 0 Å². The van der Waals surface area contributed by atoms with Gasteiger partial charge in [0, 0.05) is 0 Å². The van der Waals surface area contributed by atoms with Crippen molar-refractivity contribution in [3.63, 3.8) is 0 Å². The van der Waals surface area contributed by atoms with Crippen LogP contribution in [0.2, 0.25) is 0 Å². The van der Waals surface area contributed by atoms with Crippen LogP contribution in [-0.2, 0) is 4.79 Å². The van der Waals surface area contributed by atoms with Gasteiger partial charge in [0.1, 0.15) is 0 Å². The number of carboxylic acid groups (broad SMARTS) is 1. The van der Waals surface area contributed by atoms with E-state index in [0.29, 0.717) is 12.3 Å². The molecular weight excluding hydrogens is 84.0 g/mol. The van der Waals surface area contributed by atoms with Gasteiger partial charge in [-0.25, -0.2) is 4.79 Å². The molecule has 0 aliphatic rings. The summed E-state index contributed by atoms with van der Waals surface area (Å²) in [5, 5.41) is 15.3. The number of hydrogen-bond acceptors (Lipinski definition) is 2. The van der Waals surface area contributed by atoms with Gasteiger partial charge in [0.2, 0.25) is 0 Å². The molecule has 0 rings (SSSR count). The zero-order valence-corrected chi connectivity index (χ0v) is 2.96. The molecule has 0 heterocycles. The summed E-state index contributed by atoms with van der Waals surface area (Å²) in [5.41, 5.74) is 0. The fourth-order valence-electron chi connectivity index (χ4n) is 0.0638. The molecule has 0 saturated heterocycles. The number of carbonyl (C=O) groups is 1. The fourth-order valence-corrected chi connectivity index (χ4v) is 0.0638. The van der Waals surface area contributed by atoms with Crippen molar-refractivity contribution in [3.05, 3.63) is 12.3 Å². The van der Waals surface area contributed by atoms with E-state index in [-0.39, 0.29) is 0 Å². The summed E-state index contributed by atoms with van der Waals surface area (Å²) >= 11 is 0. The van der Waals surface area contributed by atoms with Crippen molar-refractivity contribution in [1.82, 2.24) is 0 Å². The van der Waals surface area contributed by atoms with Crippen molar-refractivity contribution >= 4 is 5.97 Å².